The Kier molecular flexibility index (Phi) is 4.17. The summed E-state index contributed by atoms with van der Waals surface area (Å²) in [7, 11) is 0. The fraction of sp³-hybridized carbons (Fsp3) is 0.0667. The number of para-hydroxylation sites is 2. The topological polar surface area (TPSA) is 54.0 Å². The van der Waals surface area contributed by atoms with E-state index < -0.39 is 0 Å². The lowest BCUT2D eigenvalue weighted by Gasteiger charge is -2.07. The Labute approximate surface area is 134 Å². The van der Waals surface area contributed by atoms with Crippen LogP contribution in [0.2, 0.25) is 0 Å². The van der Waals surface area contributed by atoms with Crippen LogP contribution >= 0.6 is 27.3 Å². The molecule has 0 radical (unpaired) electrons. The molecule has 0 bridgehead atoms. The maximum Gasteiger partial charge on any atom is 0.319 e. The van der Waals surface area contributed by atoms with Gasteiger partial charge < -0.3 is 10.6 Å². The highest BCUT2D eigenvalue weighted by atomic mass is 79.9. The number of aromatic nitrogens is 1. The van der Waals surface area contributed by atoms with Gasteiger partial charge in [-0.15, -0.1) is 11.3 Å². The van der Waals surface area contributed by atoms with Gasteiger partial charge in [-0.2, -0.15) is 0 Å². The van der Waals surface area contributed by atoms with Gasteiger partial charge in [0.15, 0.2) is 0 Å². The third kappa shape index (κ3) is 3.40. The maximum absolute atomic E-state index is 11.9. The minimum absolute atomic E-state index is 0.249. The zero-order chi connectivity index (χ0) is 14.7. The number of carbonyl (C=O) groups excluding carboxylic acids is 1. The van der Waals surface area contributed by atoms with Crippen LogP contribution in [0.1, 0.15) is 5.01 Å². The minimum atomic E-state index is -0.249. The SMILES string of the molecule is O=C(NCc1nc2ccccc2s1)Nc1ccccc1Br. The first-order valence-corrected chi connectivity index (χ1v) is 7.97. The molecule has 1 heterocycles. The normalized spacial score (nSPS) is 10.5. The van der Waals surface area contributed by atoms with Gasteiger partial charge in [0.05, 0.1) is 22.4 Å². The third-order valence-corrected chi connectivity index (χ3v) is 4.59. The van der Waals surface area contributed by atoms with E-state index in [2.05, 4.69) is 31.5 Å². The third-order valence-electron chi connectivity index (χ3n) is 2.86. The van der Waals surface area contributed by atoms with Crippen LogP contribution in [-0.4, -0.2) is 11.0 Å². The van der Waals surface area contributed by atoms with Crippen LogP contribution in [0.5, 0.6) is 0 Å². The number of nitrogens with zero attached hydrogens (tertiary/aromatic N) is 1. The molecule has 0 saturated carbocycles. The molecule has 0 unspecified atom stereocenters. The lowest BCUT2D eigenvalue weighted by Crippen LogP contribution is -2.28. The summed E-state index contributed by atoms with van der Waals surface area (Å²) < 4.78 is 1.97. The Morgan fingerprint density at radius 3 is 2.71 bits per heavy atom. The number of benzene rings is 2. The lowest BCUT2D eigenvalue weighted by atomic mass is 10.3. The van der Waals surface area contributed by atoms with E-state index in [0.29, 0.717) is 6.54 Å². The molecule has 0 aliphatic carbocycles. The number of thiazole rings is 1. The Balaban J connectivity index is 1.62. The first-order valence-electron chi connectivity index (χ1n) is 6.36. The number of hydrogen-bond acceptors (Lipinski definition) is 3. The molecule has 4 nitrogen and oxygen atoms in total. The molecular formula is C15H12BrN3OS. The molecular weight excluding hydrogens is 350 g/mol. The predicted molar refractivity (Wildman–Crippen MR) is 89.6 cm³/mol. The molecule has 2 aromatic carbocycles. The number of urea groups is 1. The van der Waals surface area contributed by atoms with Crippen LogP contribution in [0.25, 0.3) is 10.2 Å². The molecule has 3 aromatic rings. The van der Waals surface area contributed by atoms with E-state index in [1.54, 1.807) is 11.3 Å². The first kappa shape index (κ1) is 14.0. The number of fused-ring (bicyclic) bond motifs is 1. The fourth-order valence-corrected chi connectivity index (χ4v) is 3.17. The molecule has 0 aliphatic heterocycles. The van der Waals surface area contributed by atoms with Crippen molar-refractivity contribution in [1.29, 1.82) is 0 Å². The van der Waals surface area contributed by atoms with Crippen molar-refractivity contribution in [3.05, 3.63) is 58.0 Å². The second-order valence-electron chi connectivity index (χ2n) is 4.36. The molecule has 0 fully saturated rings. The van der Waals surface area contributed by atoms with Crippen LogP contribution in [0.3, 0.4) is 0 Å². The monoisotopic (exact) mass is 361 g/mol. The molecule has 0 atom stereocenters. The maximum atomic E-state index is 11.9. The molecule has 0 spiro atoms. The lowest BCUT2D eigenvalue weighted by molar-refractivity contribution is 0.251. The summed E-state index contributed by atoms with van der Waals surface area (Å²) in [5, 5.41) is 6.49. The van der Waals surface area contributed by atoms with Gasteiger partial charge in [0, 0.05) is 4.47 Å². The van der Waals surface area contributed by atoms with Crippen LogP contribution in [0.15, 0.2) is 53.0 Å². The van der Waals surface area contributed by atoms with Crippen LogP contribution in [-0.2, 0) is 6.54 Å². The summed E-state index contributed by atoms with van der Waals surface area (Å²) in [5.74, 6) is 0. The highest BCUT2D eigenvalue weighted by Crippen LogP contribution is 2.22. The minimum Gasteiger partial charge on any atom is -0.331 e. The van der Waals surface area contributed by atoms with E-state index in [1.165, 1.54) is 0 Å². The predicted octanol–water partition coefficient (Wildman–Crippen LogP) is 4.38. The van der Waals surface area contributed by atoms with Gasteiger partial charge in [-0.05, 0) is 40.2 Å². The number of carbonyl (C=O) groups is 1. The fourth-order valence-electron chi connectivity index (χ4n) is 1.88. The van der Waals surface area contributed by atoms with Gasteiger partial charge in [0.2, 0.25) is 0 Å². The van der Waals surface area contributed by atoms with Crippen molar-refractivity contribution >= 4 is 49.2 Å². The van der Waals surface area contributed by atoms with Crippen molar-refractivity contribution in [2.75, 3.05) is 5.32 Å². The van der Waals surface area contributed by atoms with Gasteiger partial charge >= 0.3 is 6.03 Å². The van der Waals surface area contributed by atoms with Gasteiger partial charge in [0.25, 0.3) is 0 Å². The quantitative estimate of drug-likeness (QED) is 0.727. The Morgan fingerprint density at radius 1 is 1.14 bits per heavy atom. The number of rotatable bonds is 3. The molecule has 1 aromatic heterocycles. The molecule has 2 amide bonds. The van der Waals surface area contributed by atoms with E-state index in [0.717, 1.165) is 25.4 Å². The standard InChI is InChI=1S/C15H12BrN3OS/c16-10-5-1-2-6-11(10)19-15(20)17-9-14-18-12-7-3-4-8-13(12)21-14/h1-8H,9H2,(H2,17,19,20). The number of hydrogen-bond donors (Lipinski definition) is 2. The highest BCUT2D eigenvalue weighted by molar-refractivity contribution is 9.10. The van der Waals surface area contributed by atoms with Crippen molar-refractivity contribution in [3.63, 3.8) is 0 Å². The zero-order valence-corrected chi connectivity index (χ0v) is 13.4. The Bertz CT molecular complexity index is 754. The van der Waals surface area contributed by atoms with Crippen LogP contribution in [0.4, 0.5) is 10.5 Å². The highest BCUT2D eigenvalue weighted by Gasteiger charge is 2.07. The molecule has 106 valence electrons. The van der Waals surface area contributed by atoms with E-state index in [1.807, 2.05) is 48.5 Å². The molecule has 21 heavy (non-hydrogen) atoms. The van der Waals surface area contributed by atoms with Crippen LogP contribution in [0, 0.1) is 0 Å². The average molecular weight is 362 g/mol. The molecule has 2 N–H and O–H groups in total. The zero-order valence-electron chi connectivity index (χ0n) is 11.0. The van der Waals surface area contributed by atoms with Gasteiger partial charge in [-0.3, -0.25) is 0 Å². The van der Waals surface area contributed by atoms with Crippen molar-refractivity contribution < 1.29 is 4.79 Å². The smallest absolute Gasteiger partial charge is 0.319 e. The van der Waals surface area contributed by atoms with Crippen molar-refractivity contribution in [3.8, 4) is 0 Å². The summed E-state index contributed by atoms with van der Waals surface area (Å²) in [6.45, 7) is 0.412. The molecule has 0 saturated heterocycles. The summed E-state index contributed by atoms with van der Waals surface area (Å²) in [6, 6.07) is 15.2. The summed E-state index contributed by atoms with van der Waals surface area (Å²) >= 11 is 4.98. The summed E-state index contributed by atoms with van der Waals surface area (Å²) in [6.07, 6.45) is 0. The second-order valence-corrected chi connectivity index (χ2v) is 6.33. The van der Waals surface area contributed by atoms with Crippen molar-refractivity contribution in [2.24, 2.45) is 0 Å². The van der Waals surface area contributed by atoms with Crippen molar-refractivity contribution in [1.82, 2.24) is 10.3 Å². The first-order chi connectivity index (χ1) is 10.2. The van der Waals surface area contributed by atoms with Gasteiger partial charge in [-0.25, -0.2) is 9.78 Å². The average Bonchev–Trinajstić information content (AvgIpc) is 2.90. The van der Waals surface area contributed by atoms with Gasteiger partial charge in [0.1, 0.15) is 5.01 Å². The van der Waals surface area contributed by atoms with Gasteiger partial charge in [-0.1, -0.05) is 24.3 Å². The molecule has 0 aliphatic rings. The number of halogens is 1. The summed E-state index contributed by atoms with van der Waals surface area (Å²) in [5.41, 5.74) is 1.70. The number of nitrogens with one attached hydrogen (secondary N) is 2. The van der Waals surface area contributed by atoms with E-state index in [4.69, 9.17) is 0 Å². The van der Waals surface area contributed by atoms with E-state index in [9.17, 15) is 4.79 Å². The Hall–Kier alpha value is -1.92. The van der Waals surface area contributed by atoms with Crippen molar-refractivity contribution in [2.45, 2.75) is 6.54 Å². The Morgan fingerprint density at radius 2 is 1.90 bits per heavy atom. The largest absolute Gasteiger partial charge is 0.331 e. The molecule has 6 heteroatoms. The van der Waals surface area contributed by atoms with Crippen LogP contribution < -0.4 is 10.6 Å². The summed E-state index contributed by atoms with van der Waals surface area (Å²) in [4.78, 5) is 16.4. The molecule has 3 rings (SSSR count). The number of amides is 2. The van der Waals surface area contributed by atoms with E-state index >= 15 is 0 Å². The van der Waals surface area contributed by atoms with E-state index in [-0.39, 0.29) is 6.03 Å². The number of anilines is 1. The second kappa shape index (κ2) is 6.24.